The van der Waals surface area contributed by atoms with Crippen LogP contribution < -0.4 is 10.5 Å². The number of anilines is 1. The minimum atomic E-state index is -0.0325. The maximum Gasteiger partial charge on any atom is 0.289 e. The number of thioether (sulfide) groups is 1. The summed E-state index contributed by atoms with van der Waals surface area (Å²) in [6.45, 7) is 6.48. The Morgan fingerprint density at radius 1 is 1.19 bits per heavy atom. The van der Waals surface area contributed by atoms with E-state index in [-0.39, 0.29) is 5.56 Å². The average molecular weight is 369 g/mol. The topological polar surface area (TPSA) is 55.4 Å². The second-order valence-corrected chi connectivity index (χ2v) is 7.51. The first-order valence-corrected chi connectivity index (χ1v) is 10.2. The number of aromatic nitrogens is 4. The third-order valence-electron chi connectivity index (χ3n) is 4.83. The van der Waals surface area contributed by atoms with Crippen LogP contribution in [0, 0.1) is 0 Å². The van der Waals surface area contributed by atoms with Gasteiger partial charge in [0.1, 0.15) is 0 Å². The zero-order valence-corrected chi connectivity index (χ0v) is 16.0. The van der Waals surface area contributed by atoms with Gasteiger partial charge in [0.25, 0.3) is 5.56 Å². The quantitative estimate of drug-likeness (QED) is 0.692. The van der Waals surface area contributed by atoms with Crippen LogP contribution in [0.3, 0.4) is 0 Å². The SMILES string of the molecule is CCN(CC)c1nc2n(Cc3ccccc3)c3c(c(=O)n2n1)SCCC3. The number of fused-ring (bicyclic) bond motifs is 2. The summed E-state index contributed by atoms with van der Waals surface area (Å²) >= 11 is 1.65. The molecule has 1 aromatic carbocycles. The van der Waals surface area contributed by atoms with Gasteiger partial charge >= 0.3 is 0 Å². The van der Waals surface area contributed by atoms with Crippen molar-refractivity contribution in [1.82, 2.24) is 19.2 Å². The largest absolute Gasteiger partial charge is 0.340 e. The lowest BCUT2D eigenvalue weighted by Crippen LogP contribution is -2.27. The zero-order chi connectivity index (χ0) is 18.1. The predicted octanol–water partition coefficient (Wildman–Crippen LogP) is 2.82. The molecule has 0 unspecified atom stereocenters. The van der Waals surface area contributed by atoms with Gasteiger partial charge < -0.3 is 9.47 Å². The molecule has 0 saturated heterocycles. The Morgan fingerprint density at radius 3 is 2.69 bits per heavy atom. The Balaban J connectivity index is 1.94. The number of hydrogen-bond acceptors (Lipinski definition) is 5. The van der Waals surface area contributed by atoms with E-state index < -0.39 is 0 Å². The summed E-state index contributed by atoms with van der Waals surface area (Å²) < 4.78 is 3.67. The van der Waals surface area contributed by atoms with Crippen molar-refractivity contribution in [3.05, 3.63) is 51.9 Å². The predicted molar refractivity (Wildman–Crippen MR) is 105 cm³/mol. The van der Waals surface area contributed by atoms with Gasteiger partial charge in [-0.05, 0) is 38.0 Å². The lowest BCUT2D eigenvalue weighted by atomic mass is 10.2. The number of nitrogens with zero attached hydrogens (tertiary/aromatic N) is 5. The van der Waals surface area contributed by atoms with Gasteiger partial charge in [0.05, 0.1) is 11.4 Å². The van der Waals surface area contributed by atoms with Crippen LogP contribution in [0.4, 0.5) is 5.95 Å². The molecule has 0 atom stereocenters. The van der Waals surface area contributed by atoms with Crippen molar-refractivity contribution in [1.29, 1.82) is 0 Å². The molecular weight excluding hydrogens is 346 g/mol. The van der Waals surface area contributed by atoms with Crippen molar-refractivity contribution in [3.8, 4) is 0 Å². The molecule has 26 heavy (non-hydrogen) atoms. The molecule has 3 aromatic rings. The van der Waals surface area contributed by atoms with Gasteiger partial charge in [0, 0.05) is 18.8 Å². The Morgan fingerprint density at radius 2 is 1.96 bits per heavy atom. The second-order valence-electron chi connectivity index (χ2n) is 6.40. The van der Waals surface area contributed by atoms with Crippen LogP contribution in [0.2, 0.25) is 0 Å². The normalized spacial score (nSPS) is 13.8. The molecule has 136 valence electrons. The fourth-order valence-electron chi connectivity index (χ4n) is 3.45. The van der Waals surface area contributed by atoms with Gasteiger partial charge in [-0.15, -0.1) is 16.9 Å². The van der Waals surface area contributed by atoms with Crippen LogP contribution >= 0.6 is 11.8 Å². The highest BCUT2D eigenvalue weighted by Gasteiger charge is 2.24. The lowest BCUT2D eigenvalue weighted by Gasteiger charge is -2.21. The Hall–Kier alpha value is -2.28. The Kier molecular flexibility index (Phi) is 4.72. The van der Waals surface area contributed by atoms with Crippen molar-refractivity contribution in [2.24, 2.45) is 0 Å². The standard InChI is InChI=1S/C19H23N5OS/c1-3-22(4-2)18-20-19-23(13-14-9-6-5-7-10-14)15-11-8-12-26-16(15)17(25)24(19)21-18/h5-7,9-10H,3-4,8,11-13H2,1-2H3. The maximum absolute atomic E-state index is 13.0. The molecular formula is C19H23N5OS. The van der Waals surface area contributed by atoms with E-state index in [9.17, 15) is 4.79 Å². The summed E-state index contributed by atoms with van der Waals surface area (Å²) in [5, 5.41) is 4.55. The molecule has 0 aliphatic carbocycles. The molecule has 0 saturated carbocycles. The molecule has 0 radical (unpaired) electrons. The monoisotopic (exact) mass is 369 g/mol. The van der Waals surface area contributed by atoms with E-state index in [2.05, 4.69) is 40.5 Å². The molecule has 0 fully saturated rings. The third-order valence-corrected chi connectivity index (χ3v) is 6.02. The average Bonchev–Trinajstić information content (AvgIpc) is 3.12. The van der Waals surface area contributed by atoms with Crippen LogP contribution in [0.15, 0.2) is 40.0 Å². The third kappa shape index (κ3) is 2.90. The summed E-state index contributed by atoms with van der Waals surface area (Å²) in [6, 6.07) is 10.3. The summed E-state index contributed by atoms with van der Waals surface area (Å²) in [6.07, 6.45) is 1.99. The summed E-state index contributed by atoms with van der Waals surface area (Å²) in [4.78, 5) is 20.7. The fourth-order valence-corrected chi connectivity index (χ4v) is 4.53. The molecule has 0 spiro atoms. The van der Waals surface area contributed by atoms with E-state index in [4.69, 9.17) is 4.98 Å². The first-order chi connectivity index (χ1) is 12.7. The Bertz CT molecular complexity index is 975. The van der Waals surface area contributed by atoms with Crippen molar-refractivity contribution in [3.63, 3.8) is 0 Å². The zero-order valence-electron chi connectivity index (χ0n) is 15.2. The van der Waals surface area contributed by atoms with E-state index in [1.165, 1.54) is 10.1 Å². The lowest BCUT2D eigenvalue weighted by molar-refractivity contribution is 0.657. The number of hydrogen-bond donors (Lipinski definition) is 0. The van der Waals surface area contributed by atoms with E-state index in [1.807, 2.05) is 18.2 Å². The maximum atomic E-state index is 13.0. The molecule has 0 amide bonds. The van der Waals surface area contributed by atoms with E-state index >= 15 is 0 Å². The van der Waals surface area contributed by atoms with E-state index in [0.717, 1.165) is 42.3 Å². The highest BCUT2D eigenvalue weighted by atomic mass is 32.2. The molecule has 2 aromatic heterocycles. The number of rotatable bonds is 5. The molecule has 0 bridgehead atoms. The van der Waals surface area contributed by atoms with Gasteiger partial charge in [0.15, 0.2) is 0 Å². The molecule has 7 heteroatoms. The molecule has 4 rings (SSSR count). The molecule has 1 aliphatic heterocycles. The van der Waals surface area contributed by atoms with Gasteiger partial charge in [-0.2, -0.15) is 9.50 Å². The summed E-state index contributed by atoms with van der Waals surface area (Å²) in [5.74, 6) is 2.25. The minimum absolute atomic E-state index is 0.0325. The molecule has 6 nitrogen and oxygen atoms in total. The minimum Gasteiger partial charge on any atom is -0.340 e. The first-order valence-electron chi connectivity index (χ1n) is 9.17. The van der Waals surface area contributed by atoms with Gasteiger partial charge in [-0.3, -0.25) is 4.79 Å². The van der Waals surface area contributed by atoms with Crippen LogP contribution in [-0.2, 0) is 13.0 Å². The van der Waals surface area contributed by atoms with E-state index in [1.54, 1.807) is 11.8 Å². The van der Waals surface area contributed by atoms with Crippen LogP contribution in [0.25, 0.3) is 5.78 Å². The van der Waals surface area contributed by atoms with Crippen molar-refractivity contribution < 1.29 is 0 Å². The summed E-state index contributed by atoms with van der Waals surface area (Å²) in [5.41, 5.74) is 2.26. The van der Waals surface area contributed by atoms with E-state index in [0.29, 0.717) is 18.3 Å². The molecule has 0 N–H and O–H groups in total. The first kappa shape index (κ1) is 17.1. The Labute approximate surface area is 156 Å². The highest BCUT2D eigenvalue weighted by Crippen LogP contribution is 2.28. The highest BCUT2D eigenvalue weighted by molar-refractivity contribution is 7.99. The van der Waals surface area contributed by atoms with Crippen molar-refractivity contribution in [2.75, 3.05) is 23.7 Å². The fraction of sp³-hybridized carbons (Fsp3) is 0.421. The number of benzene rings is 1. The van der Waals surface area contributed by atoms with Crippen molar-refractivity contribution in [2.45, 2.75) is 38.1 Å². The smallest absolute Gasteiger partial charge is 0.289 e. The van der Waals surface area contributed by atoms with Gasteiger partial charge in [-0.1, -0.05) is 30.3 Å². The van der Waals surface area contributed by atoms with Crippen molar-refractivity contribution >= 4 is 23.5 Å². The second kappa shape index (κ2) is 7.15. The van der Waals surface area contributed by atoms with Gasteiger partial charge in [0.2, 0.25) is 11.7 Å². The van der Waals surface area contributed by atoms with Gasteiger partial charge in [-0.25, -0.2) is 0 Å². The van der Waals surface area contributed by atoms with Crippen LogP contribution in [0.1, 0.15) is 31.5 Å². The summed E-state index contributed by atoms with van der Waals surface area (Å²) in [7, 11) is 0. The van der Waals surface area contributed by atoms with Crippen LogP contribution in [-0.4, -0.2) is 38.0 Å². The molecule has 3 heterocycles. The molecule has 1 aliphatic rings. The van der Waals surface area contributed by atoms with Crippen LogP contribution in [0.5, 0.6) is 0 Å².